The normalized spacial score (nSPS) is 11.5. The third-order valence-electron chi connectivity index (χ3n) is 2.89. The van der Waals surface area contributed by atoms with Crippen molar-refractivity contribution in [2.75, 3.05) is 7.11 Å². The zero-order chi connectivity index (χ0) is 15.4. The van der Waals surface area contributed by atoms with Gasteiger partial charge in [0.15, 0.2) is 5.78 Å². The lowest BCUT2D eigenvalue weighted by molar-refractivity contribution is 0.0978. The number of carbonyl (C=O) groups excluding carboxylic acids is 1. The number of ether oxygens (including phenoxy) is 1. The molecule has 0 saturated carbocycles. The first-order valence-corrected chi connectivity index (χ1v) is 6.71. The Morgan fingerprint density at radius 3 is 2.62 bits per heavy atom. The summed E-state index contributed by atoms with van der Waals surface area (Å²) in [7, 11) is 1.48. The second kappa shape index (κ2) is 6.57. The Kier molecular flexibility index (Phi) is 4.79. The van der Waals surface area contributed by atoms with Crippen molar-refractivity contribution in [2.24, 2.45) is 0 Å². The Hall–Kier alpha value is -2.09. The number of carbonyl (C=O) groups is 1. The number of methoxy groups -OCH3 is 1. The van der Waals surface area contributed by atoms with Gasteiger partial charge in [-0.25, -0.2) is 4.98 Å². The minimum absolute atomic E-state index is 0.281. The van der Waals surface area contributed by atoms with Gasteiger partial charge in [0, 0.05) is 27.9 Å². The quantitative estimate of drug-likeness (QED) is 0.802. The summed E-state index contributed by atoms with van der Waals surface area (Å²) in [5.74, 6) is -0.994. The van der Waals surface area contributed by atoms with E-state index in [1.807, 2.05) is 6.07 Å². The van der Waals surface area contributed by atoms with Crippen molar-refractivity contribution in [3.8, 4) is 11.9 Å². The topological polar surface area (TPSA) is 63.0 Å². The summed E-state index contributed by atoms with van der Waals surface area (Å²) in [6.07, 6.45) is 1.37. The summed E-state index contributed by atoms with van der Waals surface area (Å²) >= 11 is 11.9. The standard InChI is InChI=1S/C15H10Cl2N2O2/c1-21-14-5-2-9(8-19-14)15(20)12(7-18)11-4-3-10(16)6-13(11)17/h2-6,8,12H,1H3. The Morgan fingerprint density at radius 2 is 2.10 bits per heavy atom. The molecule has 0 fully saturated rings. The third kappa shape index (κ3) is 3.33. The zero-order valence-corrected chi connectivity index (χ0v) is 12.5. The van der Waals surface area contributed by atoms with E-state index in [4.69, 9.17) is 27.9 Å². The Bertz CT molecular complexity index is 709. The molecule has 1 aromatic carbocycles. The van der Waals surface area contributed by atoms with Crippen LogP contribution < -0.4 is 4.74 Å². The third-order valence-corrected chi connectivity index (χ3v) is 3.46. The van der Waals surface area contributed by atoms with Crippen molar-refractivity contribution in [3.05, 3.63) is 57.7 Å². The number of rotatable bonds is 4. The highest BCUT2D eigenvalue weighted by Crippen LogP contribution is 2.29. The van der Waals surface area contributed by atoms with Crippen LogP contribution in [0.25, 0.3) is 0 Å². The fourth-order valence-corrected chi connectivity index (χ4v) is 2.34. The molecule has 1 unspecified atom stereocenters. The number of halogens is 2. The summed E-state index contributed by atoms with van der Waals surface area (Å²) in [5, 5.41) is 10.0. The minimum Gasteiger partial charge on any atom is -0.481 e. The Balaban J connectivity index is 2.36. The molecule has 2 rings (SSSR count). The van der Waals surface area contributed by atoms with Gasteiger partial charge in [-0.1, -0.05) is 29.3 Å². The molecule has 1 atom stereocenters. The van der Waals surface area contributed by atoms with Crippen molar-refractivity contribution in [1.29, 1.82) is 5.26 Å². The molecule has 0 bridgehead atoms. The van der Waals surface area contributed by atoms with Crippen LogP contribution in [-0.4, -0.2) is 17.9 Å². The van der Waals surface area contributed by atoms with Gasteiger partial charge in [-0.2, -0.15) is 5.26 Å². The van der Waals surface area contributed by atoms with Crippen LogP contribution in [0.4, 0.5) is 0 Å². The zero-order valence-electron chi connectivity index (χ0n) is 11.0. The van der Waals surface area contributed by atoms with Crippen LogP contribution in [0.1, 0.15) is 21.8 Å². The first-order valence-electron chi connectivity index (χ1n) is 5.95. The minimum atomic E-state index is -1.01. The number of hydrogen-bond donors (Lipinski definition) is 0. The summed E-state index contributed by atoms with van der Waals surface area (Å²) in [5.41, 5.74) is 0.734. The van der Waals surface area contributed by atoms with Crippen LogP contribution in [-0.2, 0) is 0 Å². The number of nitriles is 1. The van der Waals surface area contributed by atoms with Gasteiger partial charge in [-0.05, 0) is 23.8 Å². The van der Waals surface area contributed by atoms with Crippen molar-refractivity contribution in [3.63, 3.8) is 0 Å². The smallest absolute Gasteiger partial charge is 0.212 e. The molecule has 0 radical (unpaired) electrons. The van der Waals surface area contributed by atoms with Gasteiger partial charge in [-0.15, -0.1) is 0 Å². The summed E-state index contributed by atoms with van der Waals surface area (Å²) in [4.78, 5) is 16.4. The molecular weight excluding hydrogens is 311 g/mol. The highest BCUT2D eigenvalue weighted by Gasteiger charge is 2.24. The predicted molar refractivity (Wildman–Crippen MR) is 79.9 cm³/mol. The first kappa shape index (κ1) is 15.3. The maximum atomic E-state index is 12.4. The molecule has 21 heavy (non-hydrogen) atoms. The van der Waals surface area contributed by atoms with Crippen LogP contribution in [0.5, 0.6) is 5.88 Å². The van der Waals surface area contributed by atoms with E-state index in [9.17, 15) is 10.1 Å². The fourth-order valence-electron chi connectivity index (χ4n) is 1.82. The van der Waals surface area contributed by atoms with Gasteiger partial charge in [0.1, 0.15) is 5.92 Å². The van der Waals surface area contributed by atoms with Crippen molar-refractivity contribution in [1.82, 2.24) is 4.98 Å². The Morgan fingerprint density at radius 1 is 1.33 bits per heavy atom. The largest absolute Gasteiger partial charge is 0.481 e. The second-order valence-corrected chi connectivity index (χ2v) is 5.03. The number of ketones is 1. The lowest BCUT2D eigenvalue weighted by atomic mass is 9.92. The maximum absolute atomic E-state index is 12.4. The highest BCUT2D eigenvalue weighted by molar-refractivity contribution is 6.35. The van der Waals surface area contributed by atoms with Crippen molar-refractivity contribution in [2.45, 2.75) is 5.92 Å². The van der Waals surface area contributed by atoms with Crippen LogP contribution in [0.3, 0.4) is 0 Å². The lowest BCUT2D eigenvalue weighted by Gasteiger charge is -2.11. The SMILES string of the molecule is COc1ccc(C(=O)C(C#N)c2ccc(Cl)cc2Cl)cn1. The summed E-state index contributed by atoms with van der Waals surface area (Å²) in [6.45, 7) is 0. The van der Waals surface area contributed by atoms with E-state index in [1.54, 1.807) is 24.3 Å². The molecule has 1 aromatic heterocycles. The molecule has 0 spiro atoms. The maximum Gasteiger partial charge on any atom is 0.212 e. The molecule has 0 saturated heterocycles. The average Bonchev–Trinajstić information content (AvgIpc) is 2.50. The van der Waals surface area contributed by atoms with E-state index < -0.39 is 5.92 Å². The molecule has 1 heterocycles. The van der Waals surface area contributed by atoms with Crippen LogP contribution in [0.2, 0.25) is 10.0 Å². The van der Waals surface area contributed by atoms with Crippen LogP contribution >= 0.6 is 23.2 Å². The first-order chi connectivity index (χ1) is 10.1. The number of aromatic nitrogens is 1. The molecule has 0 amide bonds. The molecule has 106 valence electrons. The van der Waals surface area contributed by atoms with Gasteiger partial charge >= 0.3 is 0 Å². The molecule has 0 aliphatic carbocycles. The van der Waals surface area contributed by atoms with E-state index in [0.29, 0.717) is 22.0 Å². The highest BCUT2D eigenvalue weighted by atomic mass is 35.5. The van der Waals surface area contributed by atoms with Gasteiger partial charge in [0.25, 0.3) is 0 Å². The number of pyridine rings is 1. The molecule has 0 aliphatic rings. The molecule has 6 heteroatoms. The van der Waals surface area contributed by atoms with E-state index in [1.165, 1.54) is 19.4 Å². The van der Waals surface area contributed by atoms with Gasteiger partial charge in [0.05, 0.1) is 13.2 Å². The van der Waals surface area contributed by atoms with Crippen molar-refractivity contribution < 1.29 is 9.53 Å². The lowest BCUT2D eigenvalue weighted by Crippen LogP contribution is -2.12. The van der Waals surface area contributed by atoms with E-state index in [-0.39, 0.29) is 10.8 Å². The van der Waals surface area contributed by atoms with Crippen LogP contribution in [0, 0.1) is 11.3 Å². The number of benzene rings is 1. The molecular formula is C15H10Cl2N2O2. The van der Waals surface area contributed by atoms with Gasteiger partial charge in [0.2, 0.25) is 5.88 Å². The van der Waals surface area contributed by atoms with E-state index >= 15 is 0 Å². The van der Waals surface area contributed by atoms with E-state index in [2.05, 4.69) is 4.98 Å². The van der Waals surface area contributed by atoms with Crippen molar-refractivity contribution >= 4 is 29.0 Å². The monoisotopic (exact) mass is 320 g/mol. The molecule has 4 nitrogen and oxygen atoms in total. The predicted octanol–water partition coefficient (Wildman–Crippen LogP) is 3.89. The molecule has 2 aromatic rings. The number of hydrogen-bond acceptors (Lipinski definition) is 4. The second-order valence-electron chi connectivity index (χ2n) is 4.18. The average molecular weight is 321 g/mol. The molecule has 0 aliphatic heterocycles. The Labute approximate surface area is 131 Å². The van der Waals surface area contributed by atoms with Gasteiger partial charge < -0.3 is 4.74 Å². The fraction of sp³-hybridized carbons (Fsp3) is 0.133. The summed E-state index contributed by atoms with van der Waals surface area (Å²) in [6, 6.07) is 9.76. The summed E-state index contributed by atoms with van der Waals surface area (Å²) < 4.78 is 4.93. The van der Waals surface area contributed by atoms with Gasteiger partial charge in [-0.3, -0.25) is 4.79 Å². The molecule has 0 N–H and O–H groups in total. The van der Waals surface area contributed by atoms with E-state index in [0.717, 1.165) is 0 Å². The number of nitrogens with zero attached hydrogens (tertiary/aromatic N) is 2. The van der Waals surface area contributed by atoms with Crippen LogP contribution in [0.15, 0.2) is 36.5 Å². The number of Topliss-reactive ketones (excluding diaryl/α,β-unsaturated/α-hetero) is 1.